The Morgan fingerprint density at radius 3 is 2.68 bits per heavy atom. The SMILES string of the molecule is CCOc1cc(NC(=O)c2cccc(C)c2F)ccc1OC. The maximum absolute atomic E-state index is 14.0. The third-order valence-corrected chi connectivity index (χ3v) is 3.16. The van der Waals surface area contributed by atoms with Crippen LogP contribution in [-0.4, -0.2) is 19.6 Å². The molecule has 0 fully saturated rings. The number of halogens is 1. The average Bonchev–Trinajstić information content (AvgIpc) is 2.50. The lowest BCUT2D eigenvalue weighted by atomic mass is 10.1. The minimum Gasteiger partial charge on any atom is -0.493 e. The fraction of sp³-hybridized carbons (Fsp3) is 0.235. The number of rotatable bonds is 5. The van der Waals surface area contributed by atoms with Crippen molar-refractivity contribution in [2.24, 2.45) is 0 Å². The summed E-state index contributed by atoms with van der Waals surface area (Å²) in [6, 6.07) is 9.72. The number of hydrogen-bond acceptors (Lipinski definition) is 3. The molecule has 1 amide bonds. The van der Waals surface area contributed by atoms with Crippen molar-refractivity contribution >= 4 is 11.6 Å². The molecular formula is C17H18FNO3. The zero-order valence-corrected chi connectivity index (χ0v) is 12.8. The van der Waals surface area contributed by atoms with Gasteiger partial charge < -0.3 is 14.8 Å². The summed E-state index contributed by atoms with van der Waals surface area (Å²) in [4.78, 5) is 12.2. The topological polar surface area (TPSA) is 47.6 Å². The molecule has 2 aromatic carbocycles. The van der Waals surface area contributed by atoms with Crippen molar-refractivity contribution in [1.82, 2.24) is 0 Å². The van der Waals surface area contributed by atoms with Gasteiger partial charge in [-0.15, -0.1) is 0 Å². The van der Waals surface area contributed by atoms with Crippen LogP contribution in [0.25, 0.3) is 0 Å². The number of nitrogens with one attached hydrogen (secondary N) is 1. The molecule has 1 N–H and O–H groups in total. The molecule has 22 heavy (non-hydrogen) atoms. The lowest BCUT2D eigenvalue weighted by molar-refractivity contribution is 0.102. The lowest BCUT2D eigenvalue weighted by Gasteiger charge is -2.12. The molecular weight excluding hydrogens is 285 g/mol. The first-order valence-corrected chi connectivity index (χ1v) is 6.94. The van der Waals surface area contributed by atoms with Crippen LogP contribution in [0.2, 0.25) is 0 Å². The summed E-state index contributed by atoms with van der Waals surface area (Å²) >= 11 is 0. The minimum atomic E-state index is -0.515. The van der Waals surface area contributed by atoms with Crippen molar-refractivity contribution in [3.05, 3.63) is 53.3 Å². The van der Waals surface area contributed by atoms with E-state index in [-0.39, 0.29) is 5.56 Å². The Morgan fingerprint density at radius 1 is 1.23 bits per heavy atom. The fourth-order valence-electron chi connectivity index (χ4n) is 2.04. The normalized spacial score (nSPS) is 10.2. The molecule has 0 aromatic heterocycles. The van der Waals surface area contributed by atoms with E-state index in [4.69, 9.17) is 9.47 Å². The van der Waals surface area contributed by atoms with Gasteiger partial charge in [-0.05, 0) is 37.6 Å². The molecule has 0 unspecified atom stereocenters. The van der Waals surface area contributed by atoms with Gasteiger partial charge >= 0.3 is 0 Å². The Morgan fingerprint density at radius 2 is 2.00 bits per heavy atom. The van der Waals surface area contributed by atoms with Gasteiger partial charge in [-0.2, -0.15) is 0 Å². The molecule has 0 aliphatic carbocycles. The second kappa shape index (κ2) is 6.93. The van der Waals surface area contributed by atoms with Crippen LogP contribution in [0, 0.1) is 12.7 Å². The van der Waals surface area contributed by atoms with Crippen LogP contribution in [0.5, 0.6) is 11.5 Å². The number of methoxy groups -OCH3 is 1. The van der Waals surface area contributed by atoms with Crippen LogP contribution in [0.3, 0.4) is 0 Å². The number of hydrogen-bond donors (Lipinski definition) is 1. The summed E-state index contributed by atoms with van der Waals surface area (Å²) in [5.41, 5.74) is 0.946. The van der Waals surface area contributed by atoms with Gasteiger partial charge in [0.15, 0.2) is 11.5 Å². The summed E-state index contributed by atoms with van der Waals surface area (Å²) in [6.07, 6.45) is 0. The van der Waals surface area contributed by atoms with Gasteiger partial charge in [0.1, 0.15) is 5.82 Å². The van der Waals surface area contributed by atoms with Gasteiger partial charge in [0.2, 0.25) is 0 Å². The van der Waals surface area contributed by atoms with Crippen LogP contribution < -0.4 is 14.8 Å². The van der Waals surface area contributed by atoms with E-state index in [1.807, 2.05) is 6.92 Å². The van der Waals surface area contributed by atoms with Crippen LogP contribution >= 0.6 is 0 Å². The summed E-state index contributed by atoms with van der Waals surface area (Å²) < 4.78 is 24.6. The fourth-order valence-corrected chi connectivity index (χ4v) is 2.04. The Bertz CT molecular complexity index is 686. The molecule has 0 aliphatic rings. The first kappa shape index (κ1) is 15.8. The Hall–Kier alpha value is -2.56. The first-order valence-electron chi connectivity index (χ1n) is 6.94. The Kier molecular flexibility index (Phi) is 4.99. The third-order valence-electron chi connectivity index (χ3n) is 3.16. The third kappa shape index (κ3) is 3.36. The highest BCUT2D eigenvalue weighted by atomic mass is 19.1. The van der Waals surface area contributed by atoms with E-state index < -0.39 is 11.7 Å². The molecule has 0 saturated carbocycles. The van der Waals surface area contributed by atoms with E-state index in [9.17, 15) is 9.18 Å². The molecule has 4 nitrogen and oxygen atoms in total. The van der Waals surface area contributed by atoms with E-state index in [1.54, 1.807) is 37.3 Å². The molecule has 0 atom stereocenters. The highest BCUT2D eigenvalue weighted by molar-refractivity contribution is 6.04. The number of anilines is 1. The minimum absolute atomic E-state index is 0.00813. The maximum atomic E-state index is 14.0. The standard InChI is InChI=1S/C17H18FNO3/c1-4-22-15-10-12(8-9-14(15)21-3)19-17(20)13-7-5-6-11(2)16(13)18/h5-10H,4H2,1-3H3,(H,19,20). The zero-order chi connectivity index (χ0) is 16.1. The molecule has 116 valence electrons. The number of aryl methyl sites for hydroxylation is 1. The first-order chi connectivity index (χ1) is 10.6. The van der Waals surface area contributed by atoms with Crippen LogP contribution in [0.1, 0.15) is 22.8 Å². The molecule has 5 heteroatoms. The van der Waals surface area contributed by atoms with Crippen molar-refractivity contribution in [1.29, 1.82) is 0 Å². The van der Waals surface area contributed by atoms with Crippen LogP contribution in [-0.2, 0) is 0 Å². The Balaban J connectivity index is 2.25. The Labute approximate surface area is 128 Å². The van der Waals surface area contributed by atoms with Gasteiger partial charge in [-0.25, -0.2) is 4.39 Å². The van der Waals surface area contributed by atoms with Gasteiger partial charge in [-0.1, -0.05) is 12.1 Å². The molecule has 0 heterocycles. The number of amides is 1. The number of ether oxygens (including phenoxy) is 2. The molecule has 0 saturated heterocycles. The molecule has 0 aliphatic heterocycles. The molecule has 0 radical (unpaired) electrons. The zero-order valence-electron chi connectivity index (χ0n) is 12.8. The molecule has 2 aromatic rings. The van der Waals surface area contributed by atoms with E-state index in [1.165, 1.54) is 13.2 Å². The predicted octanol–water partition coefficient (Wildman–Crippen LogP) is 3.79. The van der Waals surface area contributed by atoms with E-state index in [0.29, 0.717) is 29.4 Å². The van der Waals surface area contributed by atoms with Crippen LogP contribution in [0.15, 0.2) is 36.4 Å². The van der Waals surface area contributed by atoms with E-state index >= 15 is 0 Å². The largest absolute Gasteiger partial charge is 0.493 e. The maximum Gasteiger partial charge on any atom is 0.258 e. The summed E-state index contributed by atoms with van der Waals surface area (Å²) in [6.45, 7) is 3.94. The van der Waals surface area contributed by atoms with Crippen molar-refractivity contribution < 1.29 is 18.7 Å². The van der Waals surface area contributed by atoms with E-state index in [0.717, 1.165) is 0 Å². The van der Waals surface area contributed by atoms with Gasteiger partial charge in [-0.3, -0.25) is 4.79 Å². The molecule has 0 bridgehead atoms. The average molecular weight is 303 g/mol. The lowest BCUT2D eigenvalue weighted by Crippen LogP contribution is -2.14. The number of carbonyl (C=O) groups excluding carboxylic acids is 1. The van der Waals surface area contributed by atoms with Crippen molar-refractivity contribution in [3.8, 4) is 11.5 Å². The van der Waals surface area contributed by atoms with Gasteiger partial charge in [0.05, 0.1) is 19.3 Å². The molecule has 0 spiro atoms. The van der Waals surface area contributed by atoms with Gasteiger partial charge in [0, 0.05) is 11.8 Å². The van der Waals surface area contributed by atoms with Gasteiger partial charge in [0.25, 0.3) is 5.91 Å². The predicted molar refractivity (Wildman–Crippen MR) is 83.3 cm³/mol. The number of carbonyl (C=O) groups is 1. The molecule has 2 rings (SSSR count). The van der Waals surface area contributed by atoms with Crippen molar-refractivity contribution in [2.45, 2.75) is 13.8 Å². The monoisotopic (exact) mass is 303 g/mol. The van der Waals surface area contributed by atoms with Crippen molar-refractivity contribution in [3.63, 3.8) is 0 Å². The van der Waals surface area contributed by atoms with Crippen molar-refractivity contribution in [2.75, 3.05) is 19.0 Å². The highest BCUT2D eigenvalue weighted by Gasteiger charge is 2.14. The highest BCUT2D eigenvalue weighted by Crippen LogP contribution is 2.30. The summed E-state index contributed by atoms with van der Waals surface area (Å²) in [5, 5.41) is 2.66. The van der Waals surface area contributed by atoms with E-state index in [2.05, 4.69) is 5.32 Å². The number of benzene rings is 2. The smallest absolute Gasteiger partial charge is 0.258 e. The second-order valence-electron chi connectivity index (χ2n) is 4.69. The quantitative estimate of drug-likeness (QED) is 0.914. The summed E-state index contributed by atoms with van der Waals surface area (Å²) in [7, 11) is 1.54. The second-order valence-corrected chi connectivity index (χ2v) is 4.69. The van der Waals surface area contributed by atoms with Crippen LogP contribution in [0.4, 0.5) is 10.1 Å². The summed E-state index contributed by atoms with van der Waals surface area (Å²) in [5.74, 6) is 0.0708.